The van der Waals surface area contributed by atoms with Gasteiger partial charge in [0.05, 0.1) is 6.10 Å². The lowest BCUT2D eigenvalue weighted by Crippen LogP contribution is -2.18. The molecule has 2 atom stereocenters. The monoisotopic (exact) mass is 228 g/mol. The van der Waals surface area contributed by atoms with Crippen LogP contribution >= 0.6 is 11.6 Å². The van der Waals surface area contributed by atoms with Crippen molar-refractivity contribution in [3.8, 4) is 0 Å². The Morgan fingerprint density at radius 2 is 1.87 bits per heavy atom. The number of halogens is 1. The van der Waals surface area contributed by atoms with E-state index in [0.717, 1.165) is 0 Å². The van der Waals surface area contributed by atoms with E-state index in [0.29, 0.717) is 15.6 Å². The van der Waals surface area contributed by atoms with Gasteiger partial charge in [-0.25, -0.2) is 0 Å². The Balaban J connectivity index is 2.84. The second-order valence-corrected chi connectivity index (χ2v) is 3.78. The van der Waals surface area contributed by atoms with Gasteiger partial charge in [-0.2, -0.15) is 0 Å². The van der Waals surface area contributed by atoms with Gasteiger partial charge in [0.2, 0.25) is 5.69 Å². The summed E-state index contributed by atoms with van der Waals surface area (Å²) in [5.74, 6) is 0. The Hall–Kier alpha value is -1.13. The minimum Gasteiger partial charge on any atom is -0.594 e. The molecule has 0 aliphatic carbocycles. The zero-order valence-electron chi connectivity index (χ0n) is 8.59. The average Bonchev–Trinajstić information content (AvgIpc) is 2.18. The van der Waals surface area contributed by atoms with E-state index >= 15 is 0 Å². The lowest BCUT2D eigenvalue weighted by atomic mass is 10.2. The summed E-state index contributed by atoms with van der Waals surface area (Å²) in [4.78, 5) is 0.494. The van der Waals surface area contributed by atoms with Crippen LogP contribution in [0.1, 0.15) is 13.8 Å². The van der Waals surface area contributed by atoms with Crippen molar-refractivity contribution >= 4 is 17.3 Å². The summed E-state index contributed by atoms with van der Waals surface area (Å²) >= 11 is 5.68. The molecular weight excluding hydrogens is 216 g/mol. The zero-order chi connectivity index (χ0) is 11.4. The summed E-state index contributed by atoms with van der Waals surface area (Å²) in [5, 5.41) is 25.0. The van der Waals surface area contributed by atoms with E-state index in [1.165, 1.54) is 0 Å². The first-order chi connectivity index (χ1) is 7.00. The van der Waals surface area contributed by atoms with E-state index in [1.54, 1.807) is 38.1 Å². The van der Waals surface area contributed by atoms with Crippen LogP contribution in [0.15, 0.2) is 29.4 Å². The van der Waals surface area contributed by atoms with Crippen molar-refractivity contribution in [3.63, 3.8) is 0 Å². The lowest BCUT2D eigenvalue weighted by molar-refractivity contribution is -0.447. The van der Waals surface area contributed by atoms with Crippen LogP contribution in [0.3, 0.4) is 0 Å². The highest BCUT2D eigenvalue weighted by atomic mass is 35.5. The first-order valence-electron chi connectivity index (χ1n) is 4.62. The Bertz CT molecular complexity index is 349. The summed E-state index contributed by atoms with van der Waals surface area (Å²) in [6.45, 7) is 3.26. The molecule has 0 spiro atoms. The molecule has 0 radical (unpaired) electrons. The van der Waals surface area contributed by atoms with Crippen LogP contribution in [-0.4, -0.2) is 22.1 Å². The maximum atomic E-state index is 11.5. The van der Waals surface area contributed by atoms with Crippen LogP contribution in [-0.2, 0) is 0 Å². The molecule has 1 rings (SSSR count). The van der Waals surface area contributed by atoms with Crippen molar-refractivity contribution in [2.45, 2.75) is 26.0 Å². The third kappa shape index (κ3) is 3.49. The highest BCUT2D eigenvalue weighted by Gasteiger charge is 2.12. The predicted molar refractivity (Wildman–Crippen MR) is 58.3 cm³/mol. The molecule has 0 aliphatic rings. The molecule has 0 saturated heterocycles. The maximum Gasteiger partial charge on any atom is 0.244 e. The Labute approximate surface area is 93.4 Å². The molecule has 0 aliphatic heterocycles. The summed E-state index contributed by atoms with van der Waals surface area (Å²) < 4.78 is 0. The fourth-order valence-electron chi connectivity index (χ4n) is 0.897. The molecule has 0 bridgehead atoms. The van der Waals surface area contributed by atoms with Crippen LogP contribution in [0.25, 0.3) is 0 Å². The molecule has 0 fully saturated rings. The summed E-state index contributed by atoms with van der Waals surface area (Å²) in [5.41, 5.74) is 0.395. The van der Waals surface area contributed by atoms with Crippen molar-refractivity contribution in [2.75, 3.05) is 0 Å². The van der Waals surface area contributed by atoms with Gasteiger partial charge in [0.15, 0.2) is 0 Å². The largest absolute Gasteiger partial charge is 0.594 e. The standard InChI is InChI=1S/C10H13ClN2O2/c1-7(8(2)14)12-13(15)10-5-3-9(11)4-6-10/h3-8,14H,1-2H3/t7-,8+/m0/s1. The Morgan fingerprint density at radius 1 is 1.33 bits per heavy atom. The third-order valence-corrected chi connectivity index (χ3v) is 2.28. The molecular formula is C10H13ClN2O2. The predicted octanol–water partition coefficient (Wildman–Crippen LogP) is 2.70. The molecule has 1 N–H and O–H groups in total. The fourth-order valence-corrected chi connectivity index (χ4v) is 1.02. The molecule has 5 heteroatoms. The zero-order valence-corrected chi connectivity index (χ0v) is 9.35. The number of hydrogen-bond acceptors (Lipinski definition) is 3. The first kappa shape index (κ1) is 11.9. The van der Waals surface area contributed by atoms with Crippen molar-refractivity contribution in [1.29, 1.82) is 0 Å². The fraction of sp³-hybridized carbons (Fsp3) is 0.400. The number of aliphatic hydroxyl groups is 1. The van der Waals surface area contributed by atoms with Gasteiger partial charge in [-0.3, -0.25) is 0 Å². The first-order valence-corrected chi connectivity index (χ1v) is 5.00. The van der Waals surface area contributed by atoms with Gasteiger partial charge in [-0.15, -0.1) is 0 Å². The number of benzene rings is 1. The van der Waals surface area contributed by atoms with E-state index in [4.69, 9.17) is 11.6 Å². The Morgan fingerprint density at radius 3 is 2.33 bits per heavy atom. The second-order valence-electron chi connectivity index (χ2n) is 3.35. The average molecular weight is 229 g/mol. The number of hydrogen-bond donors (Lipinski definition) is 1. The SMILES string of the molecule is C[C@H](N=[N+]([O-])c1ccc(Cl)cc1)[C@@H](C)O. The van der Waals surface area contributed by atoms with Gasteiger partial charge in [0.25, 0.3) is 0 Å². The van der Waals surface area contributed by atoms with Crippen LogP contribution in [0, 0.1) is 5.21 Å². The molecule has 0 amide bonds. The van der Waals surface area contributed by atoms with Gasteiger partial charge >= 0.3 is 0 Å². The molecule has 4 nitrogen and oxygen atoms in total. The van der Waals surface area contributed by atoms with Crippen molar-refractivity contribution < 1.29 is 9.97 Å². The number of azo groups is 1. The number of aliphatic hydroxyl groups excluding tert-OH is 1. The molecule has 0 aromatic heterocycles. The second kappa shape index (κ2) is 5.09. The molecule has 82 valence electrons. The quantitative estimate of drug-likeness (QED) is 0.491. The summed E-state index contributed by atoms with van der Waals surface area (Å²) in [6.07, 6.45) is -0.645. The highest BCUT2D eigenvalue weighted by Crippen LogP contribution is 2.16. The maximum absolute atomic E-state index is 11.5. The van der Waals surface area contributed by atoms with Gasteiger partial charge in [0, 0.05) is 17.2 Å². The third-order valence-electron chi connectivity index (χ3n) is 2.03. The van der Waals surface area contributed by atoms with Gasteiger partial charge in [0.1, 0.15) is 6.04 Å². The van der Waals surface area contributed by atoms with E-state index < -0.39 is 12.1 Å². The summed E-state index contributed by atoms with van der Waals surface area (Å²) in [7, 11) is 0. The Kier molecular flexibility index (Phi) is 4.05. The van der Waals surface area contributed by atoms with E-state index in [1.807, 2.05) is 0 Å². The van der Waals surface area contributed by atoms with E-state index in [2.05, 4.69) is 5.11 Å². The highest BCUT2D eigenvalue weighted by molar-refractivity contribution is 6.30. The van der Waals surface area contributed by atoms with Crippen LogP contribution in [0.5, 0.6) is 0 Å². The van der Waals surface area contributed by atoms with Gasteiger partial charge in [-0.1, -0.05) is 16.5 Å². The van der Waals surface area contributed by atoms with E-state index in [9.17, 15) is 10.3 Å². The van der Waals surface area contributed by atoms with Gasteiger partial charge < -0.3 is 10.3 Å². The van der Waals surface area contributed by atoms with Crippen molar-refractivity contribution in [2.24, 2.45) is 5.11 Å². The van der Waals surface area contributed by atoms with Crippen LogP contribution in [0.4, 0.5) is 5.69 Å². The minimum atomic E-state index is -0.645. The van der Waals surface area contributed by atoms with Crippen molar-refractivity contribution in [1.82, 2.24) is 0 Å². The van der Waals surface area contributed by atoms with Crippen LogP contribution in [0.2, 0.25) is 5.02 Å². The topological polar surface area (TPSA) is 58.7 Å². The molecule has 15 heavy (non-hydrogen) atoms. The molecule has 0 unspecified atom stereocenters. The smallest absolute Gasteiger partial charge is 0.244 e. The molecule has 0 heterocycles. The lowest BCUT2D eigenvalue weighted by Gasteiger charge is -2.07. The normalized spacial score (nSPS) is 16.1. The van der Waals surface area contributed by atoms with E-state index in [-0.39, 0.29) is 0 Å². The summed E-state index contributed by atoms with van der Waals surface area (Å²) in [6, 6.07) is 5.95. The van der Waals surface area contributed by atoms with Crippen LogP contribution < -0.4 is 0 Å². The van der Waals surface area contributed by atoms with Gasteiger partial charge in [-0.05, 0) is 31.1 Å². The van der Waals surface area contributed by atoms with Crippen molar-refractivity contribution in [3.05, 3.63) is 34.5 Å². The molecule has 1 aromatic rings. The number of rotatable bonds is 3. The molecule has 0 saturated carbocycles. The molecule has 1 aromatic carbocycles. The minimum absolute atomic E-state index is 0.395. The number of nitrogens with zero attached hydrogens (tertiary/aromatic N) is 2.